The van der Waals surface area contributed by atoms with E-state index in [0.29, 0.717) is 19.8 Å². The molecule has 2 aromatic heterocycles. The Bertz CT molecular complexity index is 497. The van der Waals surface area contributed by atoms with Crippen molar-refractivity contribution in [3.63, 3.8) is 0 Å². The number of nitrogens with two attached hydrogens (primary N) is 1. The van der Waals surface area contributed by atoms with Crippen molar-refractivity contribution in [3.05, 3.63) is 12.5 Å². The van der Waals surface area contributed by atoms with E-state index in [4.69, 9.17) is 10.5 Å². The van der Waals surface area contributed by atoms with Crippen LogP contribution in [0.1, 0.15) is 6.42 Å². The molecule has 0 aliphatic rings. The zero-order valence-electron chi connectivity index (χ0n) is 10.5. The smallest absolute Gasteiger partial charge is 0.163 e. The standard InChI is InChI=1S/C11H18N6O/c1-17-11-9(7-16-17)10(14-8-15-11)13-4-2-5-18-6-3-12/h7-8H,2-6,12H2,1H3,(H,13,14,15). The lowest BCUT2D eigenvalue weighted by molar-refractivity contribution is 0.141. The second kappa shape index (κ2) is 6.27. The van der Waals surface area contributed by atoms with Gasteiger partial charge in [-0.25, -0.2) is 9.97 Å². The number of nitrogens with zero attached hydrogens (tertiary/aromatic N) is 4. The largest absolute Gasteiger partial charge is 0.380 e. The Morgan fingerprint density at radius 2 is 2.28 bits per heavy atom. The zero-order valence-corrected chi connectivity index (χ0v) is 10.5. The number of hydrogen-bond acceptors (Lipinski definition) is 6. The van der Waals surface area contributed by atoms with Gasteiger partial charge < -0.3 is 15.8 Å². The van der Waals surface area contributed by atoms with Gasteiger partial charge in [0.25, 0.3) is 0 Å². The third-order valence-corrected chi connectivity index (χ3v) is 2.55. The molecule has 2 heterocycles. The molecule has 7 heteroatoms. The number of hydrogen-bond donors (Lipinski definition) is 2. The van der Waals surface area contributed by atoms with Gasteiger partial charge in [0.05, 0.1) is 18.2 Å². The average Bonchev–Trinajstić information content (AvgIpc) is 2.77. The molecular formula is C11H18N6O. The maximum absolute atomic E-state index is 5.33. The predicted molar refractivity (Wildman–Crippen MR) is 69.3 cm³/mol. The highest BCUT2D eigenvalue weighted by Crippen LogP contribution is 2.17. The molecule has 2 aromatic rings. The second-order valence-corrected chi connectivity index (χ2v) is 3.91. The van der Waals surface area contributed by atoms with E-state index in [2.05, 4.69) is 20.4 Å². The first-order chi connectivity index (χ1) is 8.83. The summed E-state index contributed by atoms with van der Waals surface area (Å²) in [6, 6.07) is 0. The number of nitrogens with one attached hydrogen (secondary N) is 1. The summed E-state index contributed by atoms with van der Waals surface area (Å²) < 4.78 is 7.03. The summed E-state index contributed by atoms with van der Waals surface area (Å²) in [5.41, 5.74) is 6.16. The van der Waals surface area contributed by atoms with E-state index in [0.717, 1.165) is 29.8 Å². The van der Waals surface area contributed by atoms with Crippen molar-refractivity contribution in [3.8, 4) is 0 Å². The highest BCUT2D eigenvalue weighted by molar-refractivity contribution is 5.85. The van der Waals surface area contributed by atoms with Gasteiger partial charge in [-0.15, -0.1) is 0 Å². The molecule has 0 saturated heterocycles. The first-order valence-electron chi connectivity index (χ1n) is 5.97. The maximum atomic E-state index is 5.33. The van der Waals surface area contributed by atoms with Crippen LogP contribution in [0, 0.1) is 0 Å². The van der Waals surface area contributed by atoms with Gasteiger partial charge in [0.15, 0.2) is 5.65 Å². The van der Waals surface area contributed by atoms with Gasteiger partial charge >= 0.3 is 0 Å². The van der Waals surface area contributed by atoms with Gasteiger partial charge in [0.2, 0.25) is 0 Å². The monoisotopic (exact) mass is 250 g/mol. The zero-order chi connectivity index (χ0) is 12.8. The van der Waals surface area contributed by atoms with Crippen molar-refractivity contribution < 1.29 is 4.74 Å². The molecule has 0 atom stereocenters. The summed E-state index contributed by atoms with van der Waals surface area (Å²) in [6.07, 6.45) is 4.21. The highest BCUT2D eigenvalue weighted by atomic mass is 16.5. The second-order valence-electron chi connectivity index (χ2n) is 3.91. The van der Waals surface area contributed by atoms with Gasteiger partial charge in [-0.05, 0) is 6.42 Å². The predicted octanol–water partition coefficient (Wildman–Crippen LogP) is 0.141. The van der Waals surface area contributed by atoms with Crippen LogP contribution in [-0.4, -0.2) is 46.1 Å². The fourth-order valence-corrected chi connectivity index (χ4v) is 1.67. The van der Waals surface area contributed by atoms with Gasteiger partial charge in [-0.3, -0.25) is 4.68 Å². The molecule has 3 N–H and O–H groups in total. The Balaban J connectivity index is 1.88. The van der Waals surface area contributed by atoms with Crippen LogP contribution in [0.4, 0.5) is 5.82 Å². The molecule has 0 radical (unpaired) electrons. The minimum Gasteiger partial charge on any atom is -0.380 e. The molecule has 0 aliphatic carbocycles. The van der Waals surface area contributed by atoms with Crippen molar-refractivity contribution in [1.29, 1.82) is 0 Å². The molecular weight excluding hydrogens is 232 g/mol. The fourth-order valence-electron chi connectivity index (χ4n) is 1.67. The van der Waals surface area contributed by atoms with Crippen molar-refractivity contribution in [2.24, 2.45) is 12.8 Å². The van der Waals surface area contributed by atoms with Crippen molar-refractivity contribution in [2.45, 2.75) is 6.42 Å². The maximum Gasteiger partial charge on any atom is 0.163 e. The van der Waals surface area contributed by atoms with E-state index in [1.807, 2.05) is 7.05 Å². The lowest BCUT2D eigenvalue weighted by Gasteiger charge is -2.06. The molecule has 0 aromatic carbocycles. The number of fused-ring (bicyclic) bond motifs is 1. The summed E-state index contributed by atoms with van der Waals surface area (Å²) in [5.74, 6) is 0.812. The molecule has 0 fully saturated rings. The van der Waals surface area contributed by atoms with E-state index >= 15 is 0 Å². The van der Waals surface area contributed by atoms with Gasteiger partial charge in [-0.1, -0.05) is 0 Å². The SMILES string of the molecule is Cn1ncc2c(NCCCOCCN)ncnc21. The number of rotatable bonds is 7. The van der Waals surface area contributed by atoms with Crippen LogP contribution >= 0.6 is 0 Å². The number of ether oxygens (including phenoxy) is 1. The Hall–Kier alpha value is -1.73. The Kier molecular flexibility index (Phi) is 4.43. The van der Waals surface area contributed by atoms with Gasteiger partial charge in [0, 0.05) is 26.7 Å². The average molecular weight is 250 g/mol. The number of anilines is 1. The summed E-state index contributed by atoms with van der Waals surface area (Å²) >= 11 is 0. The van der Waals surface area contributed by atoms with Gasteiger partial charge in [0.1, 0.15) is 12.1 Å². The van der Waals surface area contributed by atoms with E-state index in [1.165, 1.54) is 6.33 Å². The van der Waals surface area contributed by atoms with Crippen LogP contribution in [0.25, 0.3) is 11.0 Å². The summed E-state index contributed by atoms with van der Waals surface area (Å²) in [7, 11) is 1.86. The van der Waals surface area contributed by atoms with Crippen LogP contribution in [0.2, 0.25) is 0 Å². The van der Waals surface area contributed by atoms with E-state index in [1.54, 1.807) is 10.9 Å². The molecule has 0 saturated carbocycles. The summed E-state index contributed by atoms with van der Waals surface area (Å²) in [4.78, 5) is 8.40. The molecule has 18 heavy (non-hydrogen) atoms. The van der Waals surface area contributed by atoms with Crippen LogP contribution in [0.5, 0.6) is 0 Å². The summed E-state index contributed by atoms with van der Waals surface area (Å²) in [5, 5.41) is 8.36. The van der Waals surface area contributed by atoms with E-state index < -0.39 is 0 Å². The van der Waals surface area contributed by atoms with Crippen molar-refractivity contribution in [1.82, 2.24) is 19.7 Å². The van der Waals surface area contributed by atoms with E-state index in [9.17, 15) is 0 Å². The fraction of sp³-hybridized carbons (Fsp3) is 0.545. The molecule has 7 nitrogen and oxygen atoms in total. The Morgan fingerprint density at radius 3 is 3.11 bits per heavy atom. The molecule has 0 bridgehead atoms. The highest BCUT2D eigenvalue weighted by Gasteiger charge is 2.06. The third-order valence-electron chi connectivity index (χ3n) is 2.55. The lowest BCUT2D eigenvalue weighted by Crippen LogP contribution is -2.12. The molecule has 0 spiro atoms. The quantitative estimate of drug-likeness (QED) is 0.679. The minimum absolute atomic E-state index is 0.565. The molecule has 0 unspecified atom stereocenters. The summed E-state index contributed by atoms with van der Waals surface area (Å²) in [6.45, 7) is 2.67. The van der Waals surface area contributed by atoms with Gasteiger partial charge in [-0.2, -0.15) is 5.10 Å². The number of aryl methyl sites for hydroxylation is 1. The minimum atomic E-state index is 0.565. The normalized spacial score (nSPS) is 11.0. The van der Waals surface area contributed by atoms with Crippen LogP contribution in [0.3, 0.4) is 0 Å². The van der Waals surface area contributed by atoms with Crippen molar-refractivity contribution in [2.75, 3.05) is 31.6 Å². The molecule has 98 valence electrons. The van der Waals surface area contributed by atoms with Crippen LogP contribution in [0.15, 0.2) is 12.5 Å². The topological polar surface area (TPSA) is 90.9 Å². The molecule has 0 aliphatic heterocycles. The molecule has 0 amide bonds. The number of aromatic nitrogens is 4. The van der Waals surface area contributed by atoms with E-state index in [-0.39, 0.29) is 0 Å². The third kappa shape index (κ3) is 2.93. The van der Waals surface area contributed by atoms with Crippen LogP contribution < -0.4 is 11.1 Å². The Labute approximate surface area is 105 Å². The first-order valence-corrected chi connectivity index (χ1v) is 5.97. The Morgan fingerprint density at radius 1 is 1.39 bits per heavy atom. The first kappa shape index (κ1) is 12.7. The molecule has 2 rings (SSSR count). The lowest BCUT2D eigenvalue weighted by atomic mass is 10.3. The van der Waals surface area contributed by atoms with Crippen LogP contribution in [-0.2, 0) is 11.8 Å². The van der Waals surface area contributed by atoms with Crippen molar-refractivity contribution >= 4 is 16.9 Å².